The van der Waals surface area contributed by atoms with Gasteiger partial charge in [-0.3, -0.25) is 9.48 Å². The summed E-state index contributed by atoms with van der Waals surface area (Å²) in [5.74, 6) is 0.0606. The molecule has 11 heteroatoms. The van der Waals surface area contributed by atoms with Crippen LogP contribution in [-0.2, 0) is 28.7 Å². The first-order valence-electron chi connectivity index (χ1n) is 9.65. The summed E-state index contributed by atoms with van der Waals surface area (Å²) < 4.78 is 50.0. The fourth-order valence-corrected chi connectivity index (χ4v) is 3.23. The Labute approximate surface area is 172 Å². The molecule has 166 valence electrons. The molecule has 1 aliphatic rings. The molecule has 3 rings (SSSR count). The minimum Gasteiger partial charge on any atom is -0.372 e. The van der Waals surface area contributed by atoms with Crippen LogP contribution in [0.3, 0.4) is 0 Å². The molecule has 1 amide bonds. The fraction of sp³-hybridized carbons (Fsp3) is 0.632. The van der Waals surface area contributed by atoms with E-state index >= 15 is 0 Å². The molecule has 2 aromatic heterocycles. The molecule has 1 saturated heterocycles. The molecule has 0 radical (unpaired) electrons. The average molecular weight is 429 g/mol. The summed E-state index contributed by atoms with van der Waals surface area (Å²) in [5.41, 5.74) is 0.795. The van der Waals surface area contributed by atoms with E-state index in [0.29, 0.717) is 12.4 Å². The zero-order chi connectivity index (χ0) is 22.1. The van der Waals surface area contributed by atoms with Gasteiger partial charge in [-0.2, -0.15) is 23.4 Å². The van der Waals surface area contributed by atoms with Crippen LogP contribution in [0.2, 0.25) is 0 Å². The second kappa shape index (κ2) is 8.38. The van der Waals surface area contributed by atoms with Crippen molar-refractivity contribution >= 4 is 11.7 Å². The summed E-state index contributed by atoms with van der Waals surface area (Å²) >= 11 is 0. The molecule has 1 atom stereocenters. The summed E-state index contributed by atoms with van der Waals surface area (Å²) in [6.45, 7) is 4.87. The largest absolute Gasteiger partial charge is 0.411 e. The third kappa shape index (κ3) is 5.39. The second-order valence-electron chi connectivity index (χ2n) is 8.25. The first-order valence-corrected chi connectivity index (χ1v) is 9.65. The van der Waals surface area contributed by atoms with Gasteiger partial charge in [0.1, 0.15) is 24.2 Å². The van der Waals surface area contributed by atoms with Gasteiger partial charge in [0.05, 0.1) is 23.5 Å². The van der Waals surface area contributed by atoms with Crippen LogP contribution < -0.4 is 5.32 Å². The van der Waals surface area contributed by atoms with Gasteiger partial charge in [-0.1, -0.05) is 0 Å². The predicted octanol–water partition coefficient (Wildman–Crippen LogP) is 3.55. The molecule has 8 nitrogen and oxygen atoms in total. The van der Waals surface area contributed by atoms with E-state index in [-0.39, 0.29) is 29.6 Å². The number of aromatic nitrogens is 4. The molecule has 1 aliphatic heterocycles. The van der Waals surface area contributed by atoms with Crippen LogP contribution in [-0.4, -0.2) is 44.9 Å². The SMILES string of the molecule is Cn1nc(COCC(F)(F)F)cc1C(=O)Nc1cc([C@H]2CCCO2)nn1C(C)(C)C. The van der Waals surface area contributed by atoms with E-state index in [0.717, 1.165) is 18.5 Å². The van der Waals surface area contributed by atoms with Crippen LogP contribution in [0, 0.1) is 0 Å². The Hall–Kier alpha value is -2.40. The number of carbonyl (C=O) groups excluding carboxylic acids is 1. The summed E-state index contributed by atoms with van der Waals surface area (Å²) in [6.07, 6.45) is -2.68. The van der Waals surface area contributed by atoms with Gasteiger partial charge in [-0.25, -0.2) is 4.68 Å². The normalized spacial score (nSPS) is 17.5. The monoisotopic (exact) mass is 429 g/mol. The second-order valence-corrected chi connectivity index (χ2v) is 8.25. The summed E-state index contributed by atoms with van der Waals surface area (Å²) in [6, 6.07) is 3.20. The van der Waals surface area contributed by atoms with Crippen LogP contribution in [0.25, 0.3) is 0 Å². The van der Waals surface area contributed by atoms with E-state index in [1.807, 2.05) is 20.8 Å². The van der Waals surface area contributed by atoms with E-state index in [4.69, 9.17) is 4.74 Å². The number of nitrogens with one attached hydrogen (secondary N) is 1. The maximum absolute atomic E-state index is 12.8. The lowest BCUT2D eigenvalue weighted by Gasteiger charge is -2.22. The number of ether oxygens (including phenoxy) is 2. The van der Waals surface area contributed by atoms with Crippen molar-refractivity contribution in [1.82, 2.24) is 19.6 Å². The first kappa shape index (κ1) is 22.3. The minimum atomic E-state index is -4.42. The Kier molecular flexibility index (Phi) is 6.23. The maximum Gasteiger partial charge on any atom is 0.411 e. The Morgan fingerprint density at radius 1 is 1.30 bits per heavy atom. The van der Waals surface area contributed by atoms with E-state index in [9.17, 15) is 18.0 Å². The van der Waals surface area contributed by atoms with Crippen LogP contribution in [0.4, 0.5) is 19.0 Å². The molecule has 1 fully saturated rings. The molecule has 0 aromatic carbocycles. The molecule has 1 N–H and O–H groups in total. The molecule has 3 heterocycles. The van der Waals surface area contributed by atoms with Crippen molar-refractivity contribution in [2.24, 2.45) is 7.05 Å². The van der Waals surface area contributed by atoms with E-state index in [1.54, 1.807) is 17.8 Å². The van der Waals surface area contributed by atoms with Gasteiger partial charge in [-0.05, 0) is 39.7 Å². The quantitative estimate of drug-likeness (QED) is 0.759. The van der Waals surface area contributed by atoms with Crippen molar-refractivity contribution in [3.05, 3.63) is 29.2 Å². The number of rotatable bonds is 6. The van der Waals surface area contributed by atoms with Gasteiger partial charge in [0.25, 0.3) is 5.91 Å². The maximum atomic E-state index is 12.8. The molecule has 0 aliphatic carbocycles. The number of carbonyl (C=O) groups is 1. The van der Waals surface area contributed by atoms with Crippen molar-refractivity contribution in [3.63, 3.8) is 0 Å². The van der Waals surface area contributed by atoms with Gasteiger partial charge < -0.3 is 14.8 Å². The highest BCUT2D eigenvalue weighted by atomic mass is 19.4. The lowest BCUT2D eigenvalue weighted by molar-refractivity contribution is -0.176. The van der Waals surface area contributed by atoms with E-state index in [1.165, 1.54) is 10.7 Å². The summed E-state index contributed by atoms with van der Waals surface area (Å²) in [4.78, 5) is 12.8. The smallest absolute Gasteiger partial charge is 0.372 e. The highest BCUT2D eigenvalue weighted by Gasteiger charge is 2.29. The Morgan fingerprint density at radius 3 is 2.63 bits per heavy atom. The van der Waals surface area contributed by atoms with Crippen molar-refractivity contribution in [1.29, 1.82) is 0 Å². The molecule has 30 heavy (non-hydrogen) atoms. The lowest BCUT2D eigenvalue weighted by atomic mass is 10.1. The number of nitrogens with zero attached hydrogens (tertiary/aromatic N) is 4. The molecular formula is C19H26F3N5O3. The Balaban J connectivity index is 1.75. The Morgan fingerprint density at radius 2 is 2.03 bits per heavy atom. The van der Waals surface area contributed by atoms with Crippen LogP contribution in [0.15, 0.2) is 12.1 Å². The van der Waals surface area contributed by atoms with E-state index < -0.39 is 18.7 Å². The highest BCUT2D eigenvalue weighted by Crippen LogP contribution is 2.31. The first-order chi connectivity index (χ1) is 13.9. The third-order valence-electron chi connectivity index (χ3n) is 4.54. The molecule has 0 unspecified atom stereocenters. The summed E-state index contributed by atoms with van der Waals surface area (Å²) in [7, 11) is 1.54. The predicted molar refractivity (Wildman–Crippen MR) is 102 cm³/mol. The standard InChI is InChI=1S/C19H26F3N5O3/c1-18(2,3)27-16(9-13(25-27)15-6-5-7-30-15)23-17(28)14-8-12(24-26(14)4)10-29-11-19(20,21)22/h8-9,15H,5-7,10-11H2,1-4H3,(H,23,28)/t15-/m1/s1. The molecule has 0 spiro atoms. The van der Waals surface area contributed by atoms with Gasteiger partial charge in [0.2, 0.25) is 0 Å². The van der Waals surface area contributed by atoms with Crippen LogP contribution in [0.5, 0.6) is 0 Å². The van der Waals surface area contributed by atoms with Gasteiger partial charge in [0, 0.05) is 19.7 Å². The number of anilines is 1. The topological polar surface area (TPSA) is 83.2 Å². The highest BCUT2D eigenvalue weighted by molar-refractivity contribution is 6.02. The lowest BCUT2D eigenvalue weighted by Crippen LogP contribution is -2.27. The van der Waals surface area contributed by atoms with Crippen LogP contribution >= 0.6 is 0 Å². The number of aryl methyl sites for hydroxylation is 1. The molecule has 2 aromatic rings. The number of halogens is 3. The number of alkyl halides is 3. The van der Waals surface area contributed by atoms with Crippen molar-refractivity contribution < 1.29 is 27.4 Å². The van der Waals surface area contributed by atoms with Crippen molar-refractivity contribution in [2.45, 2.75) is 58.0 Å². The number of hydrogen-bond acceptors (Lipinski definition) is 5. The van der Waals surface area contributed by atoms with Crippen LogP contribution in [0.1, 0.15) is 61.6 Å². The van der Waals surface area contributed by atoms with E-state index in [2.05, 4.69) is 20.3 Å². The molecule has 0 saturated carbocycles. The zero-order valence-electron chi connectivity index (χ0n) is 17.4. The minimum absolute atomic E-state index is 0.0988. The average Bonchev–Trinajstić information content (AvgIpc) is 3.32. The molecular weight excluding hydrogens is 403 g/mol. The number of hydrogen-bond donors (Lipinski definition) is 1. The van der Waals surface area contributed by atoms with Gasteiger partial charge in [0.15, 0.2) is 0 Å². The zero-order valence-corrected chi connectivity index (χ0v) is 17.4. The van der Waals surface area contributed by atoms with Crippen molar-refractivity contribution in [2.75, 3.05) is 18.5 Å². The Bertz CT molecular complexity index is 892. The summed E-state index contributed by atoms with van der Waals surface area (Å²) in [5, 5.41) is 11.5. The number of amides is 1. The fourth-order valence-electron chi connectivity index (χ4n) is 3.23. The van der Waals surface area contributed by atoms with Gasteiger partial charge in [-0.15, -0.1) is 0 Å². The third-order valence-corrected chi connectivity index (χ3v) is 4.54. The molecule has 0 bridgehead atoms. The van der Waals surface area contributed by atoms with Crippen molar-refractivity contribution in [3.8, 4) is 0 Å². The van der Waals surface area contributed by atoms with Gasteiger partial charge >= 0.3 is 6.18 Å².